The molecule has 6 rings (SSSR count). The maximum atomic E-state index is 13.7. The Balaban J connectivity index is 1.33. The van der Waals surface area contributed by atoms with E-state index in [0.29, 0.717) is 26.4 Å². The molecule has 9 nitrogen and oxygen atoms in total. The minimum Gasteiger partial charge on any atom is -0.454 e. The van der Waals surface area contributed by atoms with E-state index in [1.165, 1.54) is 15.4 Å². The molecule has 2 aromatic carbocycles. The number of carbonyl (C=O) groups is 1. The second-order valence-corrected chi connectivity index (χ2v) is 11.0. The largest absolute Gasteiger partial charge is 0.454 e. The molecule has 2 N–H and O–H groups in total. The number of hydrogen-bond acceptors (Lipinski definition) is 9. The van der Waals surface area contributed by atoms with Crippen molar-refractivity contribution in [1.29, 1.82) is 0 Å². The van der Waals surface area contributed by atoms with Crippen molar-refractivity contribution in [2.24, 2.45) is 0 Å². The lowest BCUT2D eigenvalue weighted by Crippen LogP contribution is -2.27. The topological polar surface area (TPSA) is 105 Å². The molecule has 1 saturated heterocycles. The number of aromatic nitrogens is 2. The number of anilines is 1. The van der Waals surface area contributed by atoms with Gasteiger partial charge in [0.1, 0.15) is 15.8 Å². The Morgan fingerprint density at radius 3 is 2.75 bits per heavy atom. The standard InChI is InChI=1S/C29H24N4O5S2/c1-17-6-5-11-32-26(17)31-25(30-14-21(34)19-7-3-2-4-8-19)20(27(32)35)13-24-28(36)33(29(39)40-24)15-18-9-10-22-23(12-18)38-16-37-22/h2-13,21,30,34H,14-16H2,1H3/b24-13-. The monoisotopic (exact) mass is 572 g/mol. The van der Waals surface area contributed by atoms with E-state index in [1.807, 2.05) is 55.5 Å². The molecule has 0 radical (unpaired) electrons. The third-order valence-corrected chi connectivity index (χ3v) is 8.04. The Labute approximate surface area is 239 Å². The summed E-state index contributed by atoms with van der Waals surface area (Å²) in [7, 11) is 0. The van der Waals surface area contributed by atoms with Gasteiger partial charge in [0.2, 0.25) is 6.79 Å². The van der Waals surface area contributed by atoms with Crippen LogP contribution in [0.3, 0.4) is 0 Å². The maximum absolute atomic E-state index is 13.7. The molecular weight excluding hydrogens is 548 g/mol. The quantitative estimate of drug-likeness (QED) is 0.248. The van der Waals surface area contributed by atoms with Gasteiger partial charge in [-0.05, 0) is 47.9 Å². The summed E-state index contributed by atoms with van der Waals surface area (Å²) in [6, 6.07) is 18.3. The average molecular weight is 573 g/mol. The summed E-state index contributed by atoms with van der Waals surface area (Å²) in [5, 5.41) is 13.9. The van der Waals surface area contributed by atoms with Gasteiger partial charge in [0.05, 0.1) is 23.1 Å². The number of pyridine rings is 1. The third-order valence-electron chi connectivity index (χ3n) is 6.66. The van der Waals surface area contributed by atoms with E-state index in [0.717, 1.165) is 28.5 Å². The fourth-order valence-corrected chi connectivity index (χ4v) is 5.79. The summed E-state index contributed by atoms with van der Waals surface area (Å²) in [6.45, 7) is 2.40. The van der Waals surface area contributed by atoms with E-state index in [1.54, 1.807) is 18.3 Å². The van der Waals surface area contributed by atoms with Crippen molar-refractivity contribution in [1.82, 2.24) is 14.3 Å². The van der Waals surface area contributed by atoms with Crippen LogP contribution in [0, 0.1) is 6.92 Å². The predicted molar refractivity (Wildman–Crippen MR) is 157 cm³/mol. The molecule has 0 bridgehead atoms. The van der Waals surface area contributed by atoms with E-state index < -0.39 is 6.10 Å². The molecule has 1 atom stereocenters. The Morgan fingerprint density at radius 2 is 1.93 bits per heavy atom. The van der Waals surface area contributed by atoms with Gasteiger partial charge in [-0.15, -0.1) is 0 Å². The smallest absolute Gasteiger partial charge is 0.267 e. The number of nitrogens with one attached hydrogen (secondary N) is 1. The van der Waals surface area contributed by atoms with Gasteiger partial charge in [-0.1, -0.05) is 66.4 Å². The van der Waals surface area contributed by atoms with Crippen molar-refractivity contribution in [2.45, 2.75) is 19.6 Å². The Kier molecular flexibility index (Phi) is 7.01. The van der Waals surface area contributed by atoms with E-state index in [9.17, 15) is 14.7 Å². The number of benzene rings is 2. The Hall–Kier alpha value is -4.19. The van der Waals surface area contributed by atoms with Gasteiger partial charge in [0.15, 0.2) is 11.5 Å². The number of thioether (sulfide) groups is 1. The number of aliphatic hydroxyl groups is 1. The number of aryl methyl sites for hydroxylation is 1. The van der Waals surface area contributed by atoms with Crippen LogP contribution in [-0.4, -0.2) is 43.0 Å². The molecule has 2 aromatic heterocycles. The lowest BCUT2D eigenvalue weighted by atomic mass is 10.1. The minimum absolute atomic E-state index is 0.115. The van der Waals surface area contributed by atoms with Crippen LogP contribution in [0.25, 0.3) is 11.7 Å². The van der Waals surface area contributed by atoms with Gasteiger partial charge >= 0.3 is 0 Å². The average Bonchev–Trinajstić information content (AvgIpc) is 3.54. The molecule has 2 aliphatic heterocycles. The number of hydrogen-bond donors (Lipinski definition) is 2. The fourth-order valence-electron chi connectivity index (χ4n) is 4.55. The van der Waals surface area contributed by atoms with Crippen molar-refractivity contribution in [3.05, 3.63) is 104 Å². The molecule has 0 aliphatic carbocycles. The SMILES string of the molecule is Cc1cccn2c(=O)c(/C=C3\SC(=S)N(Cc4ccc5c(c4)OCO5)C3=O)c(NCC(O)c3ccccc3)nc12. The van der Waals surface area contributed by atoms with Gasteiger partial charge in [-0.3, -0.25) is 18.9 Å². The van der Waals surface area contributed by atoms with Crippen LogP contribution in [0.15, 0.2) is 76.6 Å². The zero-order chi connectivity index (χ0) is 27.8. The lowest BCUT2D eigenvalue weighted by Gasteiger charge is -2.16. The normalized spacial score (nSPS) is 16.2. The first-order chi connectivity index (χ1) is 19.4. The highest BCUT2D eigenvalue weighted by Crippen LogP contribution is 2.36. The zero-order valence-corrected chi connectivity index (χ0v) is 23.0. The number of aliphatic hydroxyl groups excluding tert-OH is 1. The van der Waals surface area contributed by atoms with Gasteiger partial charge in [-0.2, -0.15) is 0 Å². The number of thiocarbonyl (C=S) groups is 1. The predicted octanol–water partition coefficient (Wildman–Crippen LogP) is 4.28. The first-order valence-electron chi connectivity index (χ1n) is 12.5. The van der Waals surface area contributed by atoms with Crippen LogP contribution in [-0.2, 0) is 11.3 Å². The number of amides is 1. The van der Waals surface area contributed by atoms with Gasteiger partial charge in [0, 0.05) is 12.7 Å². The summed E-state index contributed by atoms with van der Waals surface area (Å²) in [5.41, 5.74) is 2.72. The van der Waals surface area contributed by atoms with Crippen molar-refractivity contribution in [3.8, 4) is 11.5 Å². The van der Waals surface area contributed by atoms with Crippen LogP contribution in [0.1, 0.15) is 28.4 Å². The van der Waals surface area contributed by atoms with E-state index >= 15 is 0 Å². The van der Waals surface area contributed by atoms with Crippen LogP contribution < -0.4 is 20.3 Å². The highest BCUT2D eigenvalue weighted by atomic mass is 32.2. The van der Waals surface area contributed by atoms with Crippen molar-refractivity contribution >= 4 is 51.7 Å². The number of nitrogens with zero attached hydrogens (tertiary/aromatic N) is 3. The molecule has 11 heteroatoms. The molecular formula is C29H24N4O5S2. The van der Waals surface area contributed by atoms with Crippen LogP contribution in [0.5, 0.6) is 11.5 Å². The summed E-state index contributed by atoms with van der Waals surface area (Å²) in [4.78, 5) is 33.6. The number of ether oxygens (including phenoxy) is 2. The van der Waals surface area contributed by atoms with Crippen LogP contribution in [0.2, 0.25) is 0 Å². The van der Waals surface area contributed by atoms with Gasteiger partial charge in [-0.25, -0.2) is 4.98 Å². The van der Waals surface area contributed by atoms with E-state index in [4.69, 9.17) is 26.7 Å². The molecule has 202 valence electrons. The minimum atomic E-state index is -0.828. The molecule has 1 amide bonds. The highest BCUT2D eigenvalue weighted by molar-refractivity contribution is 8.26. The van der Waals surface area contributed by atoms with Crippen molar-refractivity contribution < 1.29 is 19.4 Å². The molecule has 1 unspecified atom stereocenters. The number of rotatable bonds is 7. The van der Waals surface area contributed by atoms with Crippen molar-refractivity contribution in [3.63, 3.8) is 0 Å². The van der Waals surface area contributed by atoms with Crippen LogP contribution in [0.4, 0.5) is 5.82 Å². The van der Waals surface area contributed by atoms with Crippen molar-refractivity contribution in [2.75, 3.05) is 18.7 Å². The van der Waals surface area contributed by atoms with E-state index in [2.05, 4.69) is 5.32 Å². The summed E-state index contributed by atoms with van der Waals surface area (Å²) < 4.78 is 12.7. The molecule has 4 heterocycles. The molecule has 4 aromatic rings. The molecule has 0 saturated carbocycles. The molecule has 1 fully saturated rings. The van der Waals surface area contributed by atoms with E-state index in [-0.39, 0.29) is 42.7 Å². The number of carbonyl (C=O) groups excluding carboxylic acids is 1. The van der Waals surface area contributed by atoms with Gasteiger partial charge in [0.25, 0.3) is 11.5 Å². The zero-order valence-electron chi connectivity index (χ0n) is 21.4. The molecule has 2 aliphatic rings. The van der Waals surface area contributed by atoms with Gasteiger partial charge < -0.3 is 19.9 Å². The summed E-state index contributed by atoms with van der Waals surface area (Å²) in [5.74, 6) is 1.25. The highest BCUT2D eigenvalue weighted by Gasteiger charge is 2.33. The van der Waals surface area contributed by atoms with Crippen LogP contribution >= 0.6 is 24.0 Å². The Morgan fingerprint density at radius 1 is 1.12 bits per heavy atom. The Bertz CT molecular complexity index is 1740. The first kappa shape index (κ1) is 26.1. The summed E-state index contributed by atoms with van der Waals surface area (Å²) in [6.07, 6.45) is 2.34. The second kappa shape index (κ2) is 10.8. The summed E-state index contributed by atoms with van der Waals surface area (Å²) >= 11 is 6.66. The fraction of sp³-hybridized carbons (Fsp3) is 0.172. The second-order valence-electron chi connectivity index (χ2n) is 9.33. The first-order valence-corrected chi connectivity index (χ1v) is 13.7. The lowest BCUT2D eigenvalue weighted by molar-refractivity contribution is -0.122. The molecule has 40 heavy (non-hydrogen) atoms. The molecule has 0 spiro atoms. The third kappa shape index (κ3) is 4.94. The maximum Gasteiger partial charge on any atom is 0.267 e. The number of fused-ring (bicyclic) bond motifs is 2.